The van der Waals surface area contributed by atoms with E-state index in [1.54, 1.807) is 14.2 Å². The molecule has 0 unspecified atom stereocenters. The zero-order chi connectivity index (χ0) is 28.9. The number of fused-ring (bicyclic) bond motifs is 6. The summed E-state index contributed by atoms with van der Waals surface area (Å²) < 4.78 is 11.1. The molecule has 1 aromatic heterocycles. The molecule has 1 N–H and O–H groups in total. The minimum Gasteiger partial charge on any atom is -0.497 e. The molecular formula is C38H31N3O2. The average Bonchev–Trinajstić information content (AvgIpc) is 3.63. The zero-order valence-corrected chi connectivity index (χ0v) is 24.3. The molecule has 0 atom stereocenters. The lowest BCUT2D eigenvalue weighted by atomic mass is 9.83. The van der Waals surface area contributed by atoms with Gasteiger partial charge in [-0.3, -0.25) is 0 Å². The van der Waals surface area contributed by atoms with Gasteiger partial charge in [0.15, 0.2) is 5.84 Å². The van der Waals surface area contributed by atoms with E-state index in [9.17, 15) is 0 Å². The fourth-order valence-corrected chi connectivity index (χ4v) is 6.85. The largest absolute Gasteiger partial charge is 0.497 e. The Bertz CT molecular complexity index is 1980. The highest BCUT2D eigenvalue weighted by Gasteiger charge is 2.33. The molecule has 5 aromatic rings. The van der Waals surface area contributed by atoms with E-state index in [0.29, 0.717) is 0 Å². The molecule has 210 valence electrons. The van der Waals surface area contributed by atoms with Gasteiger partial charge in [0.25, 0.3) is 0 Å². The third-order valence-electron chi connectivity index (χ3n) is 8.89. The van der Waals surface area contributed by atoms with Crippen LogP contribution in [0, 0.1) is 0 Å². The van der Waals surface area contributed by atoms with Gasteiger partial charge < -0.3 is 14.5 Å². The second kappa shape index (κ2) is 10.3. The molecule has 5 nitrogen and oxygen atoms in total. The number of aromatic nitrogens is 1. The third kappa shape index (κ3) is 4.23. The van der Waals surface area contributed by atoms with Crippen LogP contribution in [0.2, 0.25) is 0 Å². The van der Waals surface area contributed by atoms with Gasteiger partial charge in [-0.25, -0.2) is 9.98 Å². The molecule has 3 aliphatic rings. The van der Waals surface area contributed by atoms with Crippen LogP contribution in [0.1, 0.15) is 34.2 Å². The van der Waals surface area contributed by atoms with Crippen molar-refractivity contribution in [1.29, 1.82) is 0 Å². The number of nitrogens with zero attached hydrogens (tertiary/aromatic N) is 2. The fourth-order valence-electron chi connectivity index (χ4n) is 6.85. The second-order valence-corrected chi connectivity index (χ2v) is 11.2. The van der Waals surface area contributed by atoms with Crippen molar-refractivity contribution in [1.82, 2.24) is 4.98 Å². The smallest absolute Gasteiger partial charge is 0.163 e. The van der Waals surface area contributed by atoms with Gasteiger partial charge in [-0.05, 0) is 95.5 Å². The molecule has 0 saturated heterocycles. The molecular weight excluding hydrogens is 530 g/mol. The van der Waals surface area contributed by atoms with E-state index < -0.39 is 0 Å². The molecule has 2 aliphatic carbocycles. The van der Waals surface area contributed by atoms with E-state index >= 15 is 0 Å². The lowest BCUT2D eigenvalue weighted by Gasteiger charge is -2.20. The lowest BCUT2D eigenvalue weighted by Crippen LogP contribution is -2.14. The summed E-state index contributed by atoms with van der Waals surface area (Å²) in [5, 5.41) is 0. The second-order valence-electron chi connectivity index (χ2n) is 11.2. The van der Waals surface area contributed by atoms with Crippen LogP contribution in [0.3, 0.4) is 0 Å². The van der Waals surface area contributed by atoms with Crippen molar-refractivity contribution in [2.45, 2.75) is 25.7 Å². The number of aromatic amines is 1. The summed E-state index contributed by atoms with van der Waals surface area (Å²) in [5.41, 5.74) is 14.2. The van der Waals surface area contributed by atoms with Crippen molar-refractivity contribution in [3.8, 4) is 33.9 Å². The molecule has 4 aromatic carbocycles. The number of allylic oxidation sites excluding steroid dienone is 1. The van der Waals surface area contributed by atoms with Crippen molar-refractivity contribution in [2.75, 3.05) is 14.2 Å². The lowest BCUT2D eigenvalue weighted by molar-refractivity contribution is 0.414. The van der Waals surface area contributed by atoms with Crippen LogP contribution in [0.25, 0.3) is 28.0 Å². The number of amidine groups is 1. The van der Waals surface area contributed by atoms with E-state index in [0.717, 1.165) is 88.1 Å². The molecule has 1 aliphatic heterocycles. The van der Waals surface area contributed by atoms with Gasteiger partial charge in [0.05, 0.1) is 25.6 Å². The number of aliphatic imine (C=N–C) groups is 2. The quantitative estimate of drug-likeness (QED) is 0.234. The Hall–Kier alpha value is -5.16. The van der Waals surface area contributed by atoms with Crippen molar-refractivity contribution in [2.24, 2.45) is 9.98 Å². The summed E-state index contributed by atoms with van der Waals surface area (Å²) >= 11 is 0. The number of benzene rings is 4. The van der Waals surface area contributed by atoms with E-state index in [2.05, 4.69) is 89.9 Å². The predicted octanol–water partition coefficient (Wildman–Crippen LogP) is 8.40. The Balaban J connectivity index is 1.35. The number of rotatable bonds is 5. The summed E-state index contributed by atoms with van der Waals surface area (Å²) in [5.74, 6) is 3.37. The summed E-state index contributed by atoms with van der Waals surface area (Å²) in [4.78, 5) is 14.5. The van der Waals surface area contributed by atoms with Crippen molar-refractivity contribution in [3.05, 3.63) is 130 Å². The first kappa shape index (κ1) is 25.5. The van der Waals surface area contributed by atoms with Crippen LogP contribution in [0.5, 0.6) is 11.5 Å². The van der Waals surface area contributed by atoms with Crippen LogP contribution < -0.4 is 9.47 Å². The van der Waals surface area contributed by atoms with E-state index in [4.69, 9.17) is 19.5 Å². The number of ether oxygens (including phenoxy) is 2. The Kier molecular flexibility index (Phi) is 6.11. The Morgan fingerprint density at radius 1 is 0.674 bits per heavy atom. The molecule has 0 bridgehead atoms. The van der Waals surface area contributed by atoms with E-state index in [1.807, 2.05) is 12.1 Å². The van der Waals surface area contributed by atoms with Crippen molar-refractivity contribution >= 4 is 22.9 Å². The van der Waals surface area contributed by atoms with Gasteiger partial charge in [0.1, 0.15) is 17.3 Å². The number of methoxy groups -OCH3 is 2. The summed E-state index contributed by atoms with van der Waals surface area (Å²) in [6.07, 6.45) is 3.73. The summed E-state index contributed by atoms with van der Waals surface area (Å²) in [6, 6.07) is 33.9. The van der Waals surface area contributed by atoms with Gasteiger partial charge in [-0.1, -0.05) is 60.7 Å². The molecule has 0 saturated carbocycles. The summed E-state index contributed by atoms with van der Waals surface area (Å²) in [7, 11) is 3.44. The number of H-pyrrole nitrogens is 1. The molecule has 8 rings (SSSR count). The molecule has 0 radical (unpaired) electrons. The maximum Gasteiger partial charge on any atom is 0.163 e. The van der Waals surface area contributed by atoms with Gasteiger partial charge in [0, 0.05) is 22.3 Å². The number of hydrogen-bond donors (Lipinski definition) is 1. The van der Waals surface area contributed by atoms with Crippen LogP contribution in [0.15, 0.2) is 113 Å². The zero-order valence-electron chi connectivity index (χ0n) is 24.3. The maximum atomic E-state index is 5.53. The highest BCUT2D eigenvalue weighted by atomic mass is 16.5. The average molecular weight is 562 g/mol. The fraction of sp³-hybridized carbons (Fsp3) is 0.158. The predicted molar refractivity (Wildman–Crippen MR) is 174 cm³/mol. The Morgan fingerprint density at radius 3 is 2.00 bits per heavy atom. The number of nitrogens with one attached hydrogen (secondary N) is 1. The molecule has 43 heavy (non-hydrogen) atoms. The van der Waals surface area contributed by atoms with Crippen LogP contribution in [-0.4, -0.2) is 30.8 Å². The SMILES string of the molecule is COc1ccc2c(c1)CCC1=C(c3ccccc3)/C(=N/c3[nH]c4c(c3-c3ccccc3)CCc3cc(OC)ccc3-4)N=C12. The van der Waals surface area contributed by atoms with Crippen molar-refractivity contribution < 1.29 is 9.47 Å². The van der Waals surface area contributed by atoms with E-state index in [1.165, 1.54) is 27.8 Å². The molecule has 5 heteroatoms. The highest BCUT2D eigenvalue weighted by molar-refractivity contribution is 6.41. The molecule has 2 heterocycles. The highest BCUT2D eigenvalue weighted by Crippen LogP contribution is 2.46. The molecule has 0 spiro atoms. The first-order chi connectivity index (χ1) is 21.2. The minimum atomic E-state index is 0.755. The summed E-state index contributed by atoms with van der Waals surface area (Å²) in [6.45, 7) is 0. The van der Waals surface area contributed by atoms with Gasteiger partial charge in [-0.15, -0.1) is 0 Å². The van der Waals surface area contributed by atoms with Crippen LogP contribution in [0.4, 0.5) is 5.82 Å². The molecule has 0 amide bonds. The monoisotopic (exact) mass is 561 g/mol. The van der Waals surface area contributed by atoms with Gasteiger partial charge in [-0.2, -0.15) is 0 Å². The number of aryl methyl sites for hydroxylation is 2. The van der Waals surface area contributed by atoms with Crippen LogP contribution >= 0.6 is 0 Å². The first-order valence-corrected chi connectivity index (χ1v) is 14.8. The van der Waals surface area contributed by atoms with Gasteiger partial charge in [0.2, 0.25) is 0 Å². The number of hydrogen-bond acceptors (Lipinski definition) is 3. The van der Waals surface area contributed by atoms with Crippen LogP contribution in [-0.2, 0) is 19.3 Å². The normalized spacial score (nSPS) is 15.9. The van der Waals surface area contributed by atoms with Crippen molar-refractivity contribution in [3.63, 3.8) is 0 Å². The van der Waals surface area contributed by atoms with E-state index in [-0.39, 0.29) is 0 Å². The standard InChI is InChI=1S/C38H31N3O2/c1-42-27-15-19-29-25(21-27)13-17-31-33(23-9-5-3-6-10-23)37(39-35(29)31)41-38-34(24-11-7-4-8-12-24)32-18-14-26-22-28(43-2)16-20-30(26)36(32)40-38/h3-12,15-16,19-22,39H,13-14,17-18H2,1-2H3/b41-38-. The van der Waals surface area contributed by atoms with Gasteiger partial charge >= 0.3 is 0 Å². The first-order valence-electron chi connectivity index (χ1n) is 14.8. The Morgan fingerprint density at radius 2 is 1.30 bits per heavy atom. The molecule has 0 fully saturated rings. The third-order valence-corrected chi connectivity index (χ3v) is 8.89. The minimum absolute atomic E-state index is 0.755. The Labute approximate surface area is 251 Å². The maximum absolute atomic E-state index is 5.53. The topological polar surface area (TPSA) is 59.0 Å².